The molecule has 1 aliphatic heterocycles. The topological polar surface area (TPSA) is 55.2 Å². The molecule has 1 aromatic heterocycles. The van der Waals surface area contributed by atoms with E-state index < -0.39 is 6.10 Å². The van der Waals surface area contributed by atoms with E-state index in [4.69, 9.17) is 4.74 Å². The maximum absolute atomic E-state index is 9.89. The van der Waals surface area contributed by atoms with Gasteiger partial charge in [0.25, 0.3) is 0 Å². The Balaban J connectivity index is 1.82. The highest BCUT2D eigenvalue weighted by Crippen LogP contribution is 2.21. The van der Waals surface area contributed by atoms with Gasteiger partial charge < -0.3 is 9.84 Å². The fourth-order valence-corrected chi connectivity index (χ4v) is 1.92. The molecule has 1 aromatic rings. The Hall–Kier alpha value is -1.00. The number of aliphatic hydroxyl groups is 1. The van der Waals surface area contributed by atoms with Crippen LogP contribution in [0.5, 0.6) is 0 Å². The van der Waals surface area contributed by atoms with Crippen LogP contribution >= 0.6 is 0 Å². The third kappa shape index (κ3) is 3.00. The summed E-state index contributed by atoms with van der Waals surface area (Å²) in [4.78, 5) is 8.24. The van der Waals surface area contributed by atoms with Gasteiger partial charge in [-0.15, -0.1) is 0 Å². The third-order valence-electron chi connectivity index (χ3n) is 2.89. The van der Waals surface area contributed by atoms with Crippen LogP contribution in [0.15, 0.2) is 12.4 Å². The number of hydrogen-bond acceptors (Lipinski definition) is 4. The van der Waals surface area contributed by atoms with E-state index in [-0.39, 0.29) is 0 Å². The molecule has 1 fully saturated rings. The van der Waals surface area contributed by atoms with Crippen molar-refractivity contribution in [2.24, 2.45) is 0 Å². The Morgan fingerprint density at radius 2 is 2.25 bits per heavy atom. The summed E-state index contributed by atoms with van der Waals surface area (Å²) in [6.07, 6.45) is 7.04. The molecular formula is C12H18N2O2. The average molecular weight is 222 g/mol. The SMILES string of the molecule is Cc1cnc(C(O)CCC2CCCO2)nc1. The molecular weight excluding hydrogens is 204 g/mol. The molecule has 4 nitrogen and oxygen atoms in total. The molecule has 0 bridgehead atoms. The monoisotopic (exact) mass is 222 g/mol. The second-order valence-corrected chi connectivity index (χ2v) is 4.35. The lowest BCUT2D eigenvalue weighted by atomic mass is 10.1. The molecule has 2 unspecified atom stereocenters. The van der Waals surface area contributed by atoms with Crippen LogP contribution in [0, 0.1) is 6.92 Å². The van der Waals surface area contributed by atoms with Gasteiger partial charge in [-0.25, -0.2) is 9.97 Å². The molecule has 1 N–H and O–H groups in total. The Bertz CT molecular complexity index is 320. The number of rotatable bonds is 4. The van der Waals surface area contributed by atoms with Crippen LogP contribution < -0.4 is 0 Å². The summed E-state index contributed by atoms with van der Waals surface area (Å²) < 4.78 is 5.51. The summed E-state index contributed by atoms with van der Waals surface area (Å²) in [5.74, 6) is 0.517. The first-order chi connectivity index (χ1) is 7.75. The van der Waals surface area contributed by atoms with Crippen molar-refractivity contribution < 1.29 is 9.84 Å². The quantitative estimate of drug-likeness (QED) is 0.843. The van der Waals surface area contributed by atoms with Crippen LogP contribution in [0.4, 0.5) is 0 Å². The van der Waals surface area contributed by atoms with Crippen LogP contribution in [-0.2, 0) is 4.74 Å². The maximum Gasteiger partial charge on any atom is 0.156 e. The van der Waals surface area contributed by atoms with Crippen molar-refractivity contribution in [2.75, 3.05) is 6.61 Å². The molecule has 2 atom stereocenters. The molecule has 1 saturated heterocycles. The number of aryl methyl sites for hydroxylation is 1. The summed E-state index contributed by atoms with van der Waals surface area (Å²) in [5, 5.41) is 9.89. The predicted octanol–water partition coefficient (Wildman–Crippen LogP) is 1.78. The zero-order valence-corrected chi connectivity index (χ0v) is 9.59. The van der Waals surface area contributed by atoms with Crippen molar-refractivity contribution in [3.8, 4) is 0 Å². The zero-order chi connectivity index (χ0) is 11.4. The largest absolute Gasteiger partial charge is 0.385 e. The summed E-state index contributed by atoms with van der Waals surface area (Å²) >= 11 is 0. The van der Waals surface area contributed by atoms with E-state index in [2.05, 4.69) is 9.97 Å². The minimum atomic E-state index is -0.565. The Kier molecular flexibility index (Phi) is 3.85. The van der Waals surface area contributed by atoms with Crippen molar-refractivity contribution in [3.63, 3.8) is 0 Å². The van der Waals surface area contributed by atoms with Gasteiger partial charge in [-0.05, 0) is 38.2 Å². The molecule has 4 heteroatoms. The van der Waals surface area contributed by atoms with Crippen molar-refractivity contribution in [3.05, 3.63) is 23.8 Å². The summed E-state index contributed by atoms with van der Waals surface area (Å²) in [5.41, 5.74) is 1.01. The van der Waals surface area contributed by atoms with E-state index in [1.165, 1.54) is 0 Å². The van der Waals surface area contributed by atoms with E-state index in [0.29, 0.717) is 18.3 Å². The van der Waals surface area contributed by atoms with Gasteiger partial charge in [-0.3, -0.25) is 0 Å². The highest BCUT2D eigenvalue weighted by atomic mass is 16.5. The lowest BCUT2D eigenvalue weighted by molar-refractivity contribution is 0.0790. The van der Waals surface area contributed by atoms with Gasteiger partial charge in [0.2, 0.25) is 0 Å². The summed E-state index contributed by atoms with van der Waals surface area (Å²) in [7, 11) is 0. The number of aromatic nitrogens is 2. The van der Waals surface area contributed by atoms with Gasteiger partial charge >= 0.3 is 0 Å². The number of hydrogen-bond donors (Lipinski definition) is 1. The average Bonchev–Trinajstić information content (AvgIpc) is 2.80. The molecule has 0 radical (unpaired) electrons. The van der Waals surface area contributed by atoms with Crippen LogP contribution in [0.1, 0.15) is 43.2 Å². The van der Waals surface area contributed by atoms with Gasteiger partial charge in [-0.2, -0.15) is 0 Å². The van der Waals surface area contributed by atoms with Crippen molar-refractivity contribution in [2.45, 2.75) is 44.8 Å². The first-order valence-electron chi connectivity index (χ1n) is 5.84. The fourth-order valence-electron chi connectivity index (χ4n) is 1.92. The van der Waals surface area contributed by atoms with Crippen LogP contribution in [0.25, 0.3) is 0 Å². The molecule has 16 heavy (non-hydrogen) atoms. The highest BCUT2D eigenvalue weighted by molar-refractivity contribution is 5.03. The van der Waals surface area contributed by atoms with Crippen LogP contribution in [0.3, 0.4) is 0 Å². The lowest BCUT2D eigenvalue weighted by Gasteiger charge is -2.12. The predicted molar refractivity (Wildman–Crippen MR) is 59.9 cm³/mol. The standard InChI is InChI=1S/C12H18N2O2/c1-9-7-13-12(14-8-9)11(15)5-4-10-3-2-6-16-10/h7-8,10-11,15H,2-6H2,1H3. The molecule has 2 heterocycles. The maximum atomic E-state index is 9.89. The minimum absolute atomic E-state index is 0.320. The van der Waals surface area contributed by atoms with E-state index >= 15 is 0 Å². The van der Waals surface area contributed by atoms with E-state index in [9.17, 15) is 5.11 Å². The molecule has 0 amide bonds. The van der Waals surface area contributed by atoms with E-state index in [1.807, 2.05) is 6.92 Å². The van der Waals surface area contributed by atoms with Crippen molar-refractivity contribution in [1.82, 2.24) is 9.97 Å². The van der Waals surface area contributed by atoms with Gasteiger partial charge in [0, 0.05) is 19.0 Å². The molecule has 1 aliphatic rings. The molecule has 0 spiro atoms. The Morgan fingerprint density at radius 1 is 1.50 bits per heavy atom. The van der Waals surface area contributed by atoms with Crippen LogP contribution in [0.2, 0.25) is 0 Å². The molecule has 88 valence electrons. The molecule has 0 aromatic carbocycles. The summed E-state index contributed by atoms with van der Waals surface area (Å²) in [6.45, 7) is 2.80. The van der Waals surface area contributed by atoms with Crippen LogP contribution in [-0.4, -0.2) is 27.8 Å². The van der Waals surface area contributed by atoms with Gasteiger partial charge in [0.15, 0.2) is 5.82 Å². The van der Waals surface area contributed by atoms with Gasteiger partial charge in [0.05, 0.1) is 6.10 Å². The smallest absolute Gasteiger partial charge is 0.156 e. The third-order valence-corrected chi connectivity index (χ3v) is 2.89. The molecule has 2 rings (SSSR count). The second-order valence-electron chi connectivity index (χ2n) is 4.35. The zero-order valence-electron chi connectivity index (χ0n) is 9.59. The normalized spacial score (nSPS) is 22.2. The second kappa shape index (κ2) is 5.37. The summed E-state index contributed by atoms with van der Waals surface area (Å²) in [6, 6.07) is 0. The van der Waals surface area contributed by atoms with Gasteiger partial charge in [-0.1, -0.05) is 0 Å². The molecule has 0 saturated carbocycles. The minimum Gasteiger partial charge on any atom is -0.385 e. The van der Waals surface area contributed by atoms with E-state index in [0.717, 1.165) is 31.4 Å². The first-order valence-corrected chi connectivity index (χ1v) is 5.84. The lowest BCUT2D eigenvalue weighted by Crippen LogP contribution is -2.10. The van der Waals surface area contributed by atoms with Gasteiger partial charge in [0.1, 0.15) is 6.10 Å². The van der Waals surface area contributed by atoms with Crippen molar-refractivity contribution >= 4 is 0 Å². The number of ether oxygens (including phenoxy) is 1. The van der Waals surface area contributed by atoms with Crippen molar-refractivity contribution in [1.29, 1.82) is 0 Å². The highest BCUT2D eigenvalue weighted by Gasteiger charge is 2.18. The van der Waals surface area contributed by atoms with E-state index in [1.54, 1.807) is 12.4 Å². The number of nitrogens with zero attached hydrogens (tertiary/aromatic N) is 2. The Labute approximate surface area is 95.7 Å². The Morgan fingerprint density at radius 3 is 2.88 bits per heavy atom. The fraction of sp³-hybridized carbons (Fsp3) is 0.667. The first kappa shape index (κ1) is 11.5. The molecule has 0 aliphatic carbocycles. The number of aliphatic hydroxyl groups excluding tert-OH is 1.